The van der Waals surface area contributed by atoms with Gasteiger partial charge in [0.2, 0.25) is 17.7 Å². The molecule has 0 bridgehead atoms. The maximum atomic E-state index is 13.2. The molecular formula is C27H36N4O5. The van der Waals surface area contributed by atoms with Crippen LogP contribution in [0, 0.1) is 5.92 Å². The Balaban J connectivity index is 2.12. The van der Waals surface area contributed by atoms with Gasteiger partial charge in [-0.15, -0.1) is 0 Å². The highest BCUT2D eigenvalue weighted by Gasteiger charge is 2.29. The highest BCUT2D eigenvalue weighted by Crippen LogP contribution is 2.08. The van der Waals surface area contributed by atoms with Crippen LogP contribution in [0.15, 0.2) is 60.7 Å². The third-order valence-corrected chi connectivity index (χ3v) is 5.63. The Kier molecular flexibility index (Phi) is 11.1. The van der Waals surface area contributed by atoms with Crippen LogP contribution in [0.5, 0.6) is 0 Å². The van der Waals surface area contributed by atoms with Crippen LogP contribution in [0.2, 0.25) is 0 Å². The number of carboxylic acid groups (broad SMARTS) is 1. The van der Waals surface area contributed by atoms with Crippen LogP contribution >= 0.6 is 0 Å². The van der Waals surface area contributed by atoms with E-state index >= 15 is 0 Å². The SMILES string of the molecule is CC(C)CC(N)C(=O)NC(C)C(=O)NC(Cc1ccccc1)C(=O)NC(Cc1ccccc1)C(=O)O. The van der Waals surface area contributed by atoms with Gasteiger partial charge < -0.3 is 26.8 Å². The van der Waals surface area contributed by atoms with Crippen LogP contribution in [0.3, 0.4) is 0 Å². The summed E-state index contributed by atoms with van der Waals surface area (Å²) in [7, 11) is 0. The van der Waals surface area contributed by atoms with Crippen molar-refractivity contribution in [1.82, 2.24) is 16.0 Å². The summed E-state index contributed by atoms with van der Waals surface area (Å²) in [5.41, 5.74) is 7.43. The lowest BCUT2D eigenvalue weighted by molar-refractivity contribution is -0.142. The molecule has 36 heavy (non-hydrogen) atoms. The number of nitrogens with two attached hydrogens (primary N) is 1. The molecule has 0 aromatic heterocycles. The standard InChI is InChI=1S/C27H36N4O5/c1-17(2)14-21(28)25(33)29-18(3)24(32)30-22(15-19-10-6-4-7-11-19)26(34)31-23(27(35)36)16-20-12-8-5-9-13-20/h4-13,17-18,21-23H,14-16,28H2,1-3H3,(H,29,33)(H,30,32)(H,31,34)(H,35,36). The molecule has 4 atom stereocenters. The zero-order valence-electron chi connectivity index (χ0n) is 20.9. The molecule has 0 heterocycles. The molecule has 2 aromatic carbocycles. The summed E-state index contributed by atoms with van der Waals surface area (Å²) in [6.45, 7) is 5.39. The lowest BCUT2D eigenvalue weighted by Crippen LogP contribution is -2.57. The van der Waals surface area contributed by atoms with Gasteiger partial charge in [-0.1, -0.05) is 74.5 Å². The number of nitrogens with one attached hydrogen (secondary N) is 3. The molecule has 9 heteroatoms. The van der Waals surface area contributed by atoms with E-state index in [4.69, 9.17) is 5.73 Å². The average molecular weight is 497 g/mol. The van der Waals surface area contributed by atoms with Crippen molar-refractivity contribution in [1.29, 1.82) is 0 Å². The molecule has 0 fully saturated rings. The molecule has 0 saturated carbocycles. The number of aliphatic carboxylic acids is 1. The van der Waals surface area contributed by atoms with E-state index in [1.807, 2.05) is 26.0 Å². The normalized spacial score (nSPS) is 14.2. The summed E-state index contributed by atoms with van der Waals surface area (Å²) < 4.78 is 0. The summed E-state index contributed by atoms with van der Waals surface area (Å²) >= 11 is 0. The number of hydrogen-bond donors (Lipinski definition) is 5. The fourth-order valence-electron chi connectivity index (χ4n) is 3.68. The van der Waals surface area contributed by atoms with E-state index in [0.29, 0.717) is 6.42 Å². The summed E-state index contributed by atoms with van der Waals surface area (Å²) in [6, 6.07) is 14.1. The van der Waals surface area contributed by atoms with Gasteiger partial charge in [-0.05, 0) is 30.4 Å². The zero-order chi connectivity index (χ0) is 26.7. The summed E-state index contributed by atoms with van der Waals surface area (Å²) in [6.07, 6.45) is 0.703. The predicted molar refractivity (Wildman–Crippen MR) is 137 cm³/mol. The molecule has 0 spiro atoms. The van der Waals surface area contributed by atoms with Crippen molar-refractivity contribution in [3.05, 3.63) is 71.8 Å². The van der Waals surface area contributed by atoms with Gasteiger partial charge in [0.1, 0.15) is 18.1 Å². The molecule has 6 N–H and O–H groups in total. The van der Waals surface area contributed by atoms with Crippen LogP contribution in [-0.2, 0) is 32.0 Å². The van der Waals surface area contributed by atoms with Crippen molar-refractivity contribution >= 4 is 23.7 Å². The number of benzene rings is 2. The molecule has 0 aliphatic rings. The molecule has 2 aromatic rings. The Morgan fingerprint density at radius 3 is 1.67 bits per heavy atom. The lowest BCUT2D eigenvalue weighted by atomic mass is 10.0. The van der Waals surface area contributed by atoms with Crippen molar-refractivity contribution in [2.24, 2.45) is 11.7 Å². The van der Waals surface area contributed by atoms with Crippen molar-refractivity contribution in [2.75, 3.05) is 0 Å². The third kappa shape index (κ3) is 9.50. The molecule has 2 rings (SSSR count). The molecule has 194 valence electrons. The van der Waals surface area contributed by atoms with Crippen LogP contribution in [0.25, 0.3) is 0 Å². The Morgan fingerprint density at radius 1 is 0.722 bits per heavy atom. The first-order valence-corrected chi connectivity index (χ1v) is 12.0. The van der Waals surface area contributed by atoms with Crippen molar-refractivity contribution in [2.45, 2.75) is 64.2 Å². The lowest BCUT2D eigenvalue weighted by Gasteiger charge is -2.24. The highest BCUT2D eigenvalue weighted by molar-refractivity contribution is 5.94. The van der Waals surface area contributed by atoms with Gasteiger partial charge in [-0.2, -0.15) is 0 Å². The minimum Gasteiger partial charge on any atom is -0.480 e. The molecule has 0 saturated heterocycles. The fraction of sp³-hybridized carbons (Fsp3) is 0.407. The Bertz CT molecular complexity index is 1010. The van der Waals surface area contributed by atoms with Gasteiger partial charge in [-0.3, -0.25) is 14.4 Å². The maximum absolute atomic E-state index is 13.2. The summed E-state index contributed by atoms with van der Waals surface area (Å²) in [5.74, 6) is -2.63. The molecule has 0 radical (unpaired) electrons. The second kappa shape index (κ2) is 14.0. The van der Waals surface area contributed by atoms with E-state index in [9.17, 15) is 24.3 Å². The maximum Gasteiger partial charge on any atom is 0.326 e. The van der Waals surface area contributed by atoms with E-state index in [1.54, 1.807) is 48.5 Å². The number of hydrogen-bond acceptors (Lipinski definition) is 5. The van der Waals surface area contributed by atoms with Crippen LogP contribution in [0.4, 0.5) is 0 Å². The van der Waals surface area contributed by atoms with E-state index < -0.39 is 47.9 Å². The number of rotatable bonds is 13. The van der Waals surface area contributed by atoms with Gasteiger partial charge in [0, 0.05) is 12.8 Å². The van der Waals surface area contributed by atoms with Gasteiger partial charge in [0.25, 0.3) is 0 Å². The number of amides is 3. The first kappa shape index (κ1) is 28.5. The van der Waals surface area contributed by atoms with Crippen molar-refractivity contribution in [3.63, 3.8) is 0 Å². The van der Waals surface area contributed by atoms with Crippen molar-refractivity contribution < 1.29 is 24.3 Å². The second-order valence-corrected chi connectivity index (χ2v) is 9.31. The van der Waals surface area contributed by atoms with E-state index in [1.165, 1.54) is 6.92 Å². The van der Waals surface area contributed by atoms with Gasteiger partial charge in [0.05, 0.1) is 6.04 Å². The van der Waals surface area contributed by atoms with Crippen LogP contribution < -0.4 is 21.7 Å². The summed E-state index contributed by atoms with van der Waals surface area (Å²) in [4.78, 5) is 50.2. The van der Waals surface area contributed by atoms with E-state index in [0.717, 1.165) is 11.1 Å². The summed E-state index contributed by atoms with van der Waals surface area (Å²) in [5, 5.41) is 17.5. The first-order valence-electron chi connectivity index (χ1n) is 12.0. The van der Waals surface area contributed by atoms with Gasteiger partial charge >= 0.3 is 5.97 Å². The molecule has 0 aliphatic carbocycles. The highest BCUT2D eigenvalue weighted by atomic mass is 16.4. The van der Waals surface area contributed by atoms with Crippen LogP contribution in [-0.4, -0.2) is 53.0 Å². The minimum atomic E-state index is -1.18. The molecule has 0 aliphatic heterocycles. The Labute approximate surface area is 211 Å². The molecule has 3 amide bonds. The molecular weight excluding hydrogens is 460 g/mol. The largest absolute Gasteiger partial charge is 0.480 e. The Hall–Kier alpha value is -3.72. The number of carbonyl (C=O) groups is 4. The van der Waals surface area contributed by atoms with Gasteiger partial charge in [-0.25, -0.2) is 4.79 Å². The van der Waals surface area contributed by atoms with E-state index in [-0.39, 0.29) is 18.8 Å². The van der Waals surface area contributed by atoms with Gasteiger partial charge in [0.15, 0.2) is 0 Å². The fourth-order valence-corrected chi connectivity index (χ4v) is 3.68. The zero-order valence-corrected chi connectivity index (χ0v) is 20.9. The number of carboxylic acids is 1. The second-order valence-electron chi connectivity index (χ2n) is 9.31. The smallest absolute Gasteiger partial charge is 0.326 e. The Morgan fingerprint density at radius 2 is 1.19 bits per heavy atom. The minimum absolute atomic E-state index is 0.0914. The first-order chi connectivity index (χ1) is 17.1. The third-order valence-electron chi connectivity index (χ3n) is 5.63. The monoisotopic (exact) mass is 496 g/mol. The van der Waals surface area contributed by atoms with E-state index in [2.05, 4.69) is 16.0 Å². The quantitative estimate of drug-likeness (QED) is 0.283. The van der Waals surface area contributed by atoms with Crippen LogP contribution in [0.1, 0.15) is 38.3 Å². The van der Waals surface area contributed by atoms with Crippen molar-refractivity contribution in [3.8, 4) is 0 Å². The predicted octanol–water partition coefficient (Wildman–Crippen LogP) is 1.40. The molecule has 9 nitrogen and oxygen atoms in total. The topological polar surface area (TPSA) is 151 Å². The number of carbonyl (C=O) groups excluding carboxylic acids is 3. The average Bonchev–Trinajstić information content (AvgIpc) is 2.83. The molecule has 4 unspecified atom stereocenters.